The fraction of sp³-hybridized carbons (Fsp3) is 0.263. The molecular formula is C19H19F2N7O3. The van der Waals surface area contributed by atoms with Gasteiger partial charge in [0.15, 0.2) is 5.75 Å². The third-order valence-electron chi connectivity index (χ3n) is 3.71. The van der Waals surface area contributed by atoms with E-state index in [0.29, 0.717) is 24.2 Å². The summed E-state index contributed by atoms with van der Waals surface area (Å²) in [5.74, 6) is -3.24. The van der Waals surface area contributed by atoms with Gasteiger partial charge in [-0.25, -0.2) is 24.9 Å². The van der Waals surface area contributed by atoms with Crippen molar-refractivity contribution in [1.29, 1.82) is 0 Å². The number of hydrogen-bond acceptors (Lipinski definition) is 9. The van der Waals surface area contributed by atoms with Crippen LogP contribution in [0.3, 0.4) is 0 Å². The van der Waals surface area contributed by atoms with E-state index in [-0.39, 0.29) is 29.2 Å². The molecule has 1 amide bonds. The number of nitrogens with zero attached hydrogens (tertiary/aromatic N) is 5. The molecule has 0 saturated heterocycles. The van der Waals surface area contributed by atoms with Gasteiger partial charge in [-0.15, -0.1) is 0 Å². The van der Waals surface area contributed by atoms with E-state index in [0.717, 1.165) is 0 Å². The van der Waals surface area contributed by atoms with Gasteiger partial charge in [0.2, 0.25) is 23.5 Å². The summed E-state index contributed by atoms with van der Waals surface area (Å²) >= 11 is 0. The van der Waals surface area contributed by atoms with Crippen LogP contribution in [0.1, 0.15) is 25.4 Å². The van der Waals surface area contributed by atoms with Crippen LogP contribution < -0.4 is 20.1 Å². The lowest BCUT2D eigenvalue weighted by molar-refractivity contribution is -0.114. The highest BCUT2D eigenvalue weighted by Crippen LogP contribution is 2.33. The Kier molecular flexibility index (Phi) is 6.18. The molecule has 0 bridgehead atoms. The van der Waals surface area contributed by atoms with Crippen LogP contribution in [-0.2, 0) is 10.7 Å². The molecule has 0 fully saturated rings. The maximum absolute atomic E-state index is 13.7. The van der Waals surface area contributed by atoms with Crippen molar-refractivity contribution in [2.75, 3.05) is 17.7 Å². The van der Waals surface area contributed by atoms with Crippen LogP contribution in [-0.4, -0.2) is 37.9 Å². The van der Waals surface area contributed by atoms with Gasteiger partial charge in [0.25, 0.3) is 0 Å². The van der Waals surface area contributed by atoms with Crippen molar-refractivity contribution in [1.82, 2.24) is 24.9 Å². The van der Waals surface area contributed by atoms with Gasteiger partial charge < -0.3 is 20.1 Å². The van der Waals surface area contributed by atoms with Gasteiger partial charge in [0, 0.05) is 31.7 Å². The summed E-state index contributed by atoms with van der Waals surface area (Å²) in [5.41, 5.74) is 0.633. The van der Waals surface area contributed by atoms with E-state index < -0.39 is 11.7 Å². The number of aromatic nitrogens is 5. The molecule has 0 unspecified atom stereocenters. The lowest BCUT2D eigenvalue weighted by Gasteiger charge is -2.15. The van der Waals surface area contributed by atoms with Crippen LogP contribution in [0.25, 0.3) is 0 Å². The third-order valence-corrected chi connectivity index (χ3v) is 3.71. The minimum Gasteiger partial charge on any atom is -0.480 e. The van der Waals surface area contributed by atoms with E-state index >= 15 is 0 Å². The Bertz CT molecular complexity index is 1090. The van der Waals surface area contributed by atoms with Gasteiger partial charge in [-0.1, -0.05) is 0 Å². The first kappa shape index (κ1) is 21.7. The summed E-state index contributed by atoms with van der Waals surface area (Å²) in [6.07, 6.45) is 4.04. The first-order chi connectivity index (χ1) is 14.6. The fourth-order valence-electron chi connectivity index (χ4n) is 2.41. The average molecular weight is 431 g/mol. The normalized spacial score (nSPS) is 11.0. The zero-order valence-corrected chi connectivity index (χ0v) is 17.1. The molecule has 12 heteroatoms. The maximum Gasteiger partial charge on any atom is 0.303 e. The van der Waals surface area contributed by atoms with Gasteiger partial charge >= 0.3 is 5.92 Å². The standard InChI is InChI=1S/C19H19F2N7O3/c1-10-5-15(28-18(25-10)19(3,20)21)27-12-6-14(26-11(2)29)22-7-13(12)31-17-9-23-16(30-4)8-24-17/h5-9H,1-4H3,(H2,22,25,26,27,28,29). The van der Waals surface area contributed by atoms with E-state index in [1.54, 1.807) is 6.92 Å². The molecule has 0 atom stereocenters. The molecule has 0 saturated carbocycles. The van der Waals surface area contributed by atoms with Gasteiger partial charge in [-0.3, -0.25) is 4.79 Å². The zero-order chi connectivity index (χ0) is 22.6. The third kappa shape index (κ3) is 5.78. The molecule has 162 valence electrons. The number of alkyl halides is 2. The van der Waals surface area contributed by atoms with E-state index in [1.165, 1.54) is 44.8 Å². The molecule has 2 N–H and O–H groups in total. The van der Waals surface area contributed by atoms with Crippen molar-refractivity contribution in [2.24, 2.45) is 0 Å². The number of carbonyl (C=O) groups is 1. The summed E-state index contributed by atoms with van der Waals surface area (Å²) in [6, 6.07) is 2.96. The maximum atomic E-state index is 13.7. The average Bonchev–Trinajstić information content (AvgIpc) is 2.69. The highest BCUT2D eigenvalue weighted by atomic mass is 19.3. The first-order valence-electron chi connectivity index (χ1n) is 8.96. The lowest BCUT2D eigenvalue weighted by atomic mass is 10.3. The smallest absolute Gasteiger partial charge is 0.303 e. The second-order valence-corrected chi connectivity index (χ2v) is 6.48. The Hall–Kier alpha value is -3.96. The molecule has 3 aromatic heterocycles. The zero-order valence-electron chi connectivity index (χ0n) is 17.1. The molecule has 0 aliphatic heterocycles. The second-order valence-electron chi connectivity index (χ2n) is 6.48. The van der Waals surface area contributed by atoms with Crippen molar-refractivity contribution < 1.29 is 23.0 Å². The SMILES string of the molecule is COc1cnc(Oc2cnc(NC(C)=O)cc2Nc2cc(C)nc(C(C)(F)F)n2)cn1. The van der Waals surface area contributed by atoms with Crippen molar-refractivity contribution >= 4 is 23.2 Å². The van der Waals surface area contributed by atoms with Gasteiger partial charge in [0.1, 0.15) is 11.6 Å². The number of amides is 1. The number of rotatable bonds is 7. The summed E-state index contributed by atoms with van der Waals surface area (Å²) in [7, 11) is 1.45. The monoisotopic (exact) mass is 431 g/mol. The predicted molar refractivity (Wildman–Crippen MR) is 107 cm³/mol. The summed E-state index contributed by atoms with van der Waals surface area (Å²) in [6.45, 7) is 3.61. The quantitative estimate of drug-likeness (QED) is 0.577. The fourth-order valence-corrected chi connectivity index (χ4v) is 2.41. The molecule has 3 rings (SSSR count). The molecule has 3 aromatic rings. The summed E-state index contributed by atoms with van der Waals surface area (Å²) in [5, 5.41) is 5.45. The van der Waals surface area contributed by atoms with Gasteiger partial charge in [-0.2, -0.15) is 8.78 Å². The number of ether oxygens (including phenoxy) is 2. The number of hydrogen-bond donors (Lipinski definition) is 2. The Balaban J connectivity index is 1.97. The lowest BCUT2D eigenvalue weighted by Crippen LogP contribution is -2.14. The van der Waals surface area contributed by atoms with E-state index in [1.807, 2.05) is 0 Å². The predicted octanol–water partition coefficient (Wildman–Crippen LogP) is 3.58. The van der Waals surface area contributed by atoms with Crippen LogP contribution in [0.4, 0.5) is 26.1 Å². The summed E-state index contributed by atoms with van der Waals surface area (Å²) in [4.78, 5) is 31.2. The number of nitrogens with one attached hydrogen (secondary N) is 2. The Morgan fingerprint density at radius 1 is 1.03 bits per heavy atom. The van der Waals surface area contributed by atoms with E-state index in [4.69, 9.17) is 9.47 Å². The molecule has 0 spiro atoms. The number of methoxy groups -OCH3 is 1. The Morgan fingerprint density at radius 2 is 1.74 bits per heavy atom. The summed E-state index contributed by atoms with van der Waals surface area (Å²) < 4.78 is 38.1. The second kappa shape index (κ2) is 8.81. The van der Waals surface area contributed by atoms with Crippen LogP contribution in [0, 0.1) is 6.92 Å². The molecular weight excluding hydrogens is 412 g/mol. The van der Waals surface area contributed by atoms with Gasteiger partial charge in [-0.05, 0) is 6.92 Å². The molecule has 0 aliphatic carbocycles. The highest BCUT2D eigenvalue weighted by molar-refractivity contribution is 5.88. The van der Waals surface area contributed by atoms with Crippen molar-refractivity contribution in [3.05, 3.63) is 42.2 Å². The molecule has 0 aromatic carbocycles. The number of aryl methyl sites for hydroxylation is 1. The largest absolute Gasteiger partial charge is 0.480 e. The molecule has 0 aliphatic rings. The van der Waals surface area contributed by atoms with E-state index in [2.05, 4.69) is 35.6 Å². The number of pyridine rings is 1. The molecule has 0 radical (unpaired) electrons. The number of carbonyl (C=O) groups excluding carboxylic acids is 1. The number of anilines is 3. The Morgan fingerprint density at radius 3 is 2.35 bits per heavy atom. The minimum atomic E-state index is -3.22. The van der Waals surface area contributed by atoms with Crippen molar-refractivity contribution in [2.45, 2.75) is 26.7 Å². The van der Waals surface area contributed by atoms with Crippen LogP contribution >= 0.6 is 0 Å². The number of halogens is 2. The van der Waals surface area contributed by atoms with Crippen LogP contribution in [0.15, 0.2) is 30.7 Å². The topological polar surface area (TPSA) is 124 Å². The Labute approximate surface area is 176 Å². The van der Waals surface area contributed by atoms with Gasteiger partial charge in [0.05, 0.1) is 31.4 Å². The molecule has 3 heterocycles. The minimum absolute atomic E-state index is 0.106. The van der Waals surface area contributed by atoms with Crippen molar-refractivity contribution in [3.8, 4) is 17.5 Å². The molecule has 31 heavy (non-hydrogen) atoms. The molecule has 10 nitrogen and oxygen atoms in total. The van der Waals surface area contributed by atoms with Crippen LogP contribution in [0.5, 0.6) is 17.5 Å². The highest BCUT2D eigenvalue weighted by Gasteiger charge is 2.29. The van der Waals surface area contributed by atoms with Crippen molar-refractivity contribution in [3.63, 3.8) is 0 Å². The first-order valence-corrected chi connectivity index (χ1v) is 8.96. The van der Waals surface area contributed by atoms with E-state index in [9.17, 15) is 13.6 Å². The van der Waals surface area contributed by atoms with Crippen LogP contribution in [0.2, 0.25) is 0 Å².